The van der Waals surface area contributed by atoms with Gasteiger partial charge in [0.2, 0.25) is 5.91 Å². The topological polar surface area (TPSA) is 97.9 Å². The highest BCUT2D eigenvalue weighted by atomic mass is 16.4. The first-order chi connectivity index (χ1) is 5.07. The van der Waals surface area contributed by atoms with Gasteiger partial charge >= 0.3 is 5.97 Å². The van der Waals surface area contributed by atoms with Crippen molar-refractivity contribution in [1.29, 1.82) is 0 Å². The minimum atomic E-state index is -0.970. The Bertz CT molecular complexity index is 157. The molecule has 1 unspecified atom stereocenters. The summed E-state index contributed by atoms with van der Waals surface area (Å²) in [5.74, 6) is -1.27. The molecule has 72 valence electrons. The van der Waals surface area contributed by atoms with Gasteiger partial charge in [0.1, 0.15) is 6.04 Å². The predicted octanol–water partition coefficient (Wildman–Crippen LogP) is -0.449. The third kappa shape index (κ3) is 5.67. The highest BCUT2D eigenvalue weighted by Crippen LogP contribution is 1.95. The number of aliphatic carboxylic acids is 1. The van der Waals surface area contributed by atoms with E-state index in [4.69, 9.17) is 5.11 Å². The van der Waals surface area contributed by atoms with Gasteiger partial charge in [-0.2, -0.15) is 0 Å². The van der Waals surface area contributed by atoms with E-state index in [1.807, 2.05) is 6.92 Å². The van der Waals surface area contributed by atoms with Crippen LogP contribution in [0.4, 0.5) is 0 Å². The Morgan fingerprint density at radius 1 is 1.50 bits per heavy atom. The van der Waals surface area contributed by atoms with E-state index < -0.39 is 12.0 Å². The number of carbonyl (C=O) groups excluding carboxylic acids is 1. The summed E-state index contributed by atoms with van der Waals surface area (Å²) in [5, 5.41) is 10.9. The molecule has 0 heterocycles. The summed E-state index contributed by atoms with van der Waals surface area (Å²) in [6.45, 7) is 3.18. The average molecular weight is 177 g/mol. The summed E-state index contributed by atoms with van der Waals surface area (Å²) in [5.41, 5.74) is 0. The number of amides is 1. The summed E-state index contributed by atoms with van der Waals surface area (Å²) in [6, 6.07) is -0.725. The van der Waals surface area contributed by atoms with Crippen molar-refractivity contribution in [3.8, 4) is 0 Å². The van der Waals surface area contributed by atoms with Gasteiger partial charge in [0.15, 0.2) is 0 Å². The number of carboxylic acid groups (broad SMARTS) is 1. The third-order valence-electron chi connectivity index (χ3n) is 1.25. The highest BCUT2D eigenvalue weighted by molar-refractivity contribution is 5.81. The SMILES string of the molecule is CCCC(NC(C)=O)C(=O)O.O. The predicted molar refractivity (Wildman–Crippen MR) is 43.8 cm³/mol. The molecule has 0 aliphatic heterocycles. The molecule has 0 saturated carbocycles. The van der Waals surface area contributed by atoms with Crippen LogP contribution in [-0.4, -0.2) is 28.5 Å². The van der Waals surface area contributed by atoms with Crippen LogP contribution in [0.25, 0.3) is 0 Å². The van der Waals surface area contributed by atoms with Crippen molar-refractivity contribution >= 4 is 11.9 Å². The summed E-state index contributed by atoms with van der Waals surface area (Å²) in [6.07, 6.45) is 1.23. The average Bonchev–Trinajstić information content (AvgIpc) is 1.86. The van der Waals surface area contributed by atoms with Crippen LogP contribution < -0.4 is 5.32 Å². The Morgan fingerprint density at radius 2 is 2.00 bits per heavy atom. The van der Waals surface area contributed by atoms with Crippen LogP contribution in [-0.2, 0) is 9.59 Å². The Morgan fingerprint density at radius 3 is 2.25 bits per heavy atom. The zero-order chi connectivity index (χ0) is 8.85. The van der Waals surface area contributed by atoms with Crippen molar-refractivity contribution in [2.75, 3.05) is 0 Å². The maximum atomic E-state index is 10.5. The van der Waals surface area contributed by atoms with Crippen LogP contribution in [0.2, 0.25) is 0 Å². The van der Waals surface area contributed by atoms with Gasteiger partial charge in [-0.15, -0.1) is 0 Å². The summed E-state index contributed by atoms with van der Waals surface area (Å²) >= 11 is 0. The second-order valence-corrected chi connectivity index (χ2v) is 2.38. The van der Waals surface area contributed by atoms with Crippen LogP contribution in [0, 0.1) is 0 Å². The van der Waals surface area contributed by atoms with Gasteiger partial charge in [-0.3, -0.25) is 4.79 Å². The Kier molecular flexibility index (Phi) is 7.42. The fourth-order valence-corrected chi connectivity index (χ4v) is 0.791. The molecule has 0 aliphatic rings. The molecule has 0 aromatic carbocycles. The summed E-state index contributed by atoms with van der Waals surface area (Å²) in [7, 11) is 0. The van der Waals surface area contributed by atoms with Crippen LogP contribution >= 0.6 is 0 Å². The summed E-state index contributed by atoms with van der Waals surface area (Å²) in [4.78, 5) is 20.9. The lowest BCUT2D eigenvalue weighted by Gasteiger charge is -2.10. The standard InChI is InChI=1S/C7H13NO3.H2O/c1-3-4-6(7(10)11)8-5(2)9;/h6H,3-4H2,1-2H3,(H,8,9)(H,10,11);1H2. The zero-order valence-corrected chi connectivity index (χ0v) is 7.26. The van der Waals surface area contributed by atoms with E-state index in [9.17, 15) is 9.59 Å². The number of hydrogen-bond acceptors (Lipinski definition) is 2. The van der Waals surface area contributed by atoms with Crippen molar-refractivity contribution in [1.82, 2.24) is 5.32 Å². The first kappa shape index (κ1) is 13.5. The minimum Gasteiger partial charge on any atom is -0.480 e. The number of nitrogens with one attached hydrogen (secondary N) is 1. The molecule has 12 heavy (non-hydrogen) atoms. The van der Waals surface area contributed by atoms with Gasteiger partial charge in [-0.1, -0.05) is 13.3 Å². The molecular formula is C7H15NO4. The number of hydrogen-bond donors (Lipinski definition) is 2. The maximum Gasteiger partial charge on any atom is 0.326 e. The van der Waals surface area contributed by atoms with Crippen molar-refractivity contribution in [2.45, 2.75) is 32.7 Å². The lowest BCUT2D eigenvalue weighted by molar-refractivity contribution is -0.141. The molecule has 0 aliphatic carbocycles. The van der Waals surface area contributed by atoms with Gasteiger partial charge in [-0.25, -0.2) is 4.79 Å². The van der Waals surface area contributed by atoms with Crippen molar-refractivity contribution < 1.29 is 20.2 Å². The normalized spacial score (nSPS) is 11.2. The molecule has 0 aromatic heterocycles. The molecule has 4 N–H and O–H groups in total. The van der Waals surface area contributed by atoms with E-state index >= 15 is 0 Å². The lowest BCUT2D eigenvalue weighted by atomic mass is 10.2. The quantitative estimate of drug-likeness (QED) is 0.608. The molecular weight excluding hydrogens is 162 g/mol. The van der Waals surface area contributed by atoms with Crippen molar-refractivity contribution in [2.24, 2.45) is 0 Å². The highest BCUT2D eigenvalue weighted by Gasteiger charge is 2.15. The molecule has 0 fully saturated rings. The van der Waals surface area contributed by atoms with Gasteiger partial charge in [0.05, 0.1) is 0 Å². The largest absolute Gasteiger partial charge is 0.480 e. The van der Waals surface area contributed by atoms with Gasteiger partial charge in [0, 0.05) is 6.92 Å². The van der Waals surface area contributed by atoms with E-state index in [1.54, 1.807) is 0 Å². The van der Waals surface area contributed by atoms with E-state index in [1.165, 1.54) is 6.92 Å². The number of carboxylic acids is 1. The fraction of sp³-hybridized carbons (Fsp3) is 0.714. The van der Waals surface area contributed by atoms with E-state index in [0.717, 1.165) is 6.42 Å². The lowest BCUT2D eigenvalue weighted by Crippen LogP contribution is -2.39. The van der Waals surface area contributed by atoms with E-state index in [0.29, 0.717) is 6.42 Å². The maximum absolute atomic E-state index is 10.5. The van der Waals surface area contributed by atoms with Crippen molar-refractivity contribution in [3.63, 3.8) is 0 Å². The van der Waals surface area contributed by atoms with Crippen LogP contribution in [0.5, 0.6) is 0 Å². The first-order valence-corrected chi connectivity index (χ1v) is 3.57. The van der Waals surface area contributed by atoms with Gasteiger partial charge < -0.3 is 15.9 Å². The molecule has 5 nitrogen and oxygen atoms in total. The van der Waals surface area contributed by atoms with Crippen LogP contribution in [0.15, 0.2) is 0 Å². The van der Waals surface area contributed by atoms with E-state index in [-0.39, 0.29) is 11.4 Å². The number of rotatable bonds is 4. The summed E-state index contributed by atoms with van der Waals surface area (Å²) < 4.78 is 0. The molecule has 5 heteroatoms. The second-order valence-electron chi connectivity index (χ2n) is 2.38. The zero-order valence-electron chi connectivity index (χ0n) is 7.26. The molecule has 0 rings (SSSR count). The molecule has 0 radical (unpaired) electrons. The monoisotopic (exact) mass is 177 g/mol. The van der Waals surface area contributed by atoms with E-state index in [2.05, 4.69) is 5.32 Å². The molecule has 0 spiro atoms. The number of carbonyl (C=O) groups is 2. The fourth-order valence-electron chi connectivity index (χ4n) is 0.791. The Balaban J connectivity index is 0. The minimum absolute atomic E-state index is 0. The molecule has 0 aromatic rings. The first-order valence-electron chi connectivity index (χ1n) is 3.57. The van der Waals surface area contributed by atoms with Crippen LogP contribution in [0.1, 0.15) is 26.7 Å². The third-order valence-corrected chi connectivity index (χ3v) is 1.25. The van der Waals surface area contributed by atoms with Gasteiger partial charge in [0.25, 0.3) is 0 Å². The molecule has 1 atom stereocenters. The second kappa shape index (κ2) is 6.60. The van der Waals surface area contributed by atoms with Crippen LogP contribution in [0.3, 0.4) is 0 Å². The smallest absolute Gasteiger partial charge is 0.326 e. The molecule has 0 bridgehead atoms. The Hall–Kier alpha value is -1.10. The molecule has 0 saturated heterocycles. The van der Waals surface area contributed by atoms with Crippen molar-refractivity contribution in [3.05, 3.63) is 0 Å². The van der Waals surface area contributed by atoms with Gasteiger partial charge in [-0.05, 0) is 6.42 Å². The Labute approximate surface area is 71.1 Å². The molecule has 1 amide bonds.